The predicted molar refractivity (Wildman–Crippen MR) is 97.5 cm³/mol. The highest BCUT2D eigenvalue weighted by Crippen LogP contribution is 2.17. The first-order chi connectivity index (χ1) is 12.6. The van der Waals surface area contributed by atoms with Gasteiger partial charge in [-0.15, -0.1) is 0 Å². The van der Waals surface area contributed by atoms with Crippen LogP contribution >= 0.6 is 0 Å². The Balaban J connectivity index is 2.32. The zero-order chi connectivity index (χ0) is 19.2. The van der Waals surface area contributed by atoms with Crippen LogP contribution in [-0.4, -0.2) is 37.2 Å². The molecule has 3 N–H and O–H groups in total. The van der Waals surface area contributed by atoms with Gasteiger partial charge in [-0.3, -0.25) is 9.59 Å². The second-order valence-electron chi connectivity index (χ2n) is 5.65. The Kier molecular flexibility index (Phi) is 10.0. The lowest BCUT2D eigenvalue weighted by molar-refractivity contribution is -0.137. The van der Waals surface area contributed by atoms with Crippen molar-refractivity contribution in [1.82, 2.24) is 10.6 Å². The van der Waals surface area contributed by atoms with Gasteiger partial charge in [0.25, 0.3) is 5.91 Å². The molecule has 26 heavy (non-hydrogen) atoms. The van der Waals surface area contributed by atoms with E-state index < -0.39 is 11.9 Å². The average molecular weight is 359 g/mol. The number of nitriles is 1. The number of amides is 1. The highest BCUT2D eigenvalue weighted by atomic mass is 16.5. The van der Waals surface area contributed by atoms with Gasteiger partial charge in [-0.05, 0) is 30.9 Å². The van der Waals surface area contributed by atoms with Gasteiger partial charge in [0.05, 0.1) is 7.11 Å². The fraction of sp³-hybridized carbons (Fsp3) is 0.421. The highest BCUT2D eigenvalue weighted by molar-refractivity contribution is 5.97. The molecule has 0 heterocycles. The molecule has 7 heteroatoms. The van der Waals surface area contributed by atoms with Crippen LogP contribution in [0.5, 0.6) is 5.75 Å². The molecule has 1 aromatic carbocycles. The second-order valence-corrected chi connectivity index (χ2v) is 5.65. The smallest absolute Gasteiger partial charge is 0.303 e. The number of carbonyl (C=O) groups is 2. The molecule has 0 aliphatic carbocycles. The number of hydrogen-bond donors (Lipinski definition) is 3. The van der Waals surface area contributed by atoms with Gasteiger partial charge < -0.3 is 20.5 Å². The first kappa shape index (κ1) is 21.0. The summed E-state index contributed by atoms with van der Waals surface area (Å²) in [6.45, 7) is 0.979. The quantitative estimate of drug-likeness (QED) is 0.299. The third kappa shape index (κ3) is 8.20. The summed E-state index contributed by atoms with van der Waals surface area (Å²) in [7, 11) is 1.62. The van der Waals surface area contributed by atoms with Gasteiger partial charge in [0, 0.05) is 25.7 Å². The van der Waals surface area contributed by atoms with Crippen molar-refractivity contribution >= 4 is 11.9 Å². The van der Waals surface area contributed by atoms with Crippen LogP contribution in [0.4, 0.5) is 0 Å². The predicted octanol–water partition coefficient (Wildman–Crippen LogP) is 2.00. The number of methoxy groups -OCH3 is 1. The molecule has 0 aliphatic heterocycles. The van der Waals surface area contributed by atoms with Crippen molar-refractivity contribution in [2.45, 2.75) is 32.1 Å². The Morgan fingerprint density at radius 1 is 1.23 bits per heavy atom. The summed E-state index contributed by atoms with van der Waals surface area (Å²) in [5.74, 6) is -0.446. The number of benzene rings is 1. The van der Waals surface area contributed by atoms with E-state index in [2.05, 4.69) is 10.6 Å². The van der Waals surface area contributed by atoms with Crippen molar-refractivity contribution in [3.63, 3.8) is 0 Å². The van der Waals surface area contributed by atoms with E-state index in [9.17, 15) is 9.59 Å². The summed E-state index contributed by atoms with van der Waals surface area (Å²) < 4.78 is 5.28. The van der Waals surface area contributed by atoms with E-state index in [1.165, 1.54) is 6.20 Å². The van der Waals surface area contributed by atoms with Gasteiger partial charge in [0.1, 0.15) is 17.4 Å². The molecule has 0 spiro atoms. The van der Waals surface area contributed by atoms with Crippen molar-refractivity contribution in [2.24, 2.45) is 0 Å². The van der Waals surface area contributed by atoms with Crippen molar-refractivity contribution in [1.29, 1.82) is 5.26 Å². The number of aliphatic carboxylic acids is 1. The van der Waals surface area contributed by atoms with Crippen LogP contribution in [0.2, 0.25) is 0 Å². The third-order valence-corrected chi connectivity index (χ3v) is 3.70. The van der Waals surface area contributed by atoms with Gasteiger partial charge >= 0.3 is 5.97 Å². The Morgan fingerprint density at radius 2 is 2.00 bits per heavy atom. The molecular formula is C19H25N3O4. The van der Waals surface area contributed by atoms with Crippen LogP contribution in [0.15, 0.2) is 36.0 Å². The molecule has 1 amide bonds. The first-order valence-electron chi connectivity index (χ1n) is 8.54. The number of carboxylic acid groups (broad SMARTS) is 1. The van der Waals surface area contributed by atoms with E-state index >= 15 is 0 Å². The van der Waals surface area contributed by atoms with Crippen molar-refractivity contribution in [3.05, 3.63) is 41.6 Å². The second kappa shape index (κ2) is 12.4. The summed E-state index contributed by atoms with van der Waals surface area (Å²) in [6, 6.07) is 9.55. The molecule has 0 aromatic heterocycles. The maximum Gasteiger partial charge on any atom is 0.303 e. The van der Waals surface area contributed by atoms with Gasteiger partial charge in [-0.1, -0.05) is 24.6 Å². The maximum atomic E-state index is 11.9. The number of ether oxygens (including phenoxy) is 1. The molecule has 140 valence electrons. The summed E-state index contributed by atoms with van der Waals surface area (Å²) in [4.78, 5) is 22.3. The minimum Gasteiger partial charge on any atom is -0.496 e. The molecule has 0 saturated carbocycles. The molecule has 7 nitrogen and oxygen atoms in total. The van der Waals surface area contributed by atoms with Crippen LogP contribution in [0, 0.1) is 11.3 Å². The average Bonchev–Trinajstić information content (AvgIpc) is 2.64. The number of nitrogens with one attached hydrogen (secondary N) is 2. The summed E-state index contributed by atoms with van der Waals surface area (Å²) in [6.07, 6.45) is 4.22. The number of carbonyl (C=O) groups excluding carboxylic acids is 1. The minimum absolute atomic E-state index is 0.00978. The normalized spacial score (nSPS) is 10.7. The fourth-order valence-corrected chi connectivity index (χ4v) is 2.31. The SMILES string of the molecule is COc1ccccc1CCN/C=C(/C#N)C(=O)NCCCCCC(=O)O. The molecule has 1 aromatic rings. The third-order valence-electron chi connectivity index (χ3n) is 3.70. The van der Waals surface area contributed by atoms with E-state index in [1.54, 1.807) is 7.11 Å². The van der Waals surface area contributed by atoms with E-state index in [0.29, 0.717) is 32.4 Å². The molecule has 0 atom stereocenters. The van der Waals surface area contributed by atoms with E-state index in [-0.39, 0.29) is 12.0 Å². The topological polar surface area (TPSA) is 111 Å². The van der Waals surface area contributed by atoms with Gasteiger partial charge in [0.15, 0.2) is 0 Å². The molecule has 1 rings (SSSR count). The maximum absolute atomic E-state index is 11.9. The van der Waals surface area contributed by atoms with Gasteiger partial charge in [0.2, 0.25) is 0 Å². The van der Waals surface area contributed by atoms with Crippen LogP contribution in [0.3, 0.4) is 0 Å². The number of hydrogen-bond acceptors (Lipinski definition) is 5. The van der Waals surface area contributed by atoms with Crippen LogP contribution in [0.25, 0.3) is 0 Å². The summed E-state index contributed by atoms with van der Waals surface area (Å²) >= 11 is 0. The number of nitrogens with zero attached hydrogens (tertiary/aromatic N) is 1. The molecule has 0 bridgehead atoms. The summed E-state index contributed by atoms with van der Waals surface area (Å²) in [5, 5.41) is 23.3. The Morgan fingerprint density at radius 3 is 2.69 bits per heavy atom. The van der Waals surface area contributed by atoms with Crippen molar-refractivity contribution in [3.8, 4) is 11.8 Å². The number of rotatable bonds is 12. The highest BCUT2D eigenvalue weighted by Gasteiger charge is 2.08. The Labute approximate surface area is 153 Å². The monoisotopic (exact) mass is 359 g/mol. The van der Waals surface area contributed by atoms with Gasteiger partial charge in [-0.2, -0.15) is 5.26 Å². The molecule has 0 fully saturated rings. The van der Waals surface area contributed by atoms with Gasteiger partial charge in [-0.25, -0.2) is 0 Å². The molecular weight excluding hydrogens is 334 g/mol. The number of carboxylic acids is 1. The van der Waals surface area contributed by atoms with Crippen LogP contribution < -0.4 is 15.4 Å². The zero-order valence-corrected chi connectivity index (χ0v) is 15.0. The number of para-hydroxylation sites is 1. The lowest BCUT2D eigenvalue weighted by Crippen LogP contribution is -2.27. The van der Waals surface area contributed by atoms with E-state index in [0.717, 1.165) is 17.7 Å². The Hall–Kier alpha value is -3.01. The van der Waals surface area contributed by atoms with E-state index in [4.69, 9.17) is 15.1 Å². The largest absolute Gasteiger partial charge is 0.496 e. The molecule has 0 radical (unpaired) electrons. The summed E-state index contributed by atoms with van der Waals surface area (Å²) in [5.41, 5.74) is 1.05. The van der Waals surface area contributed by atoms with E-state index in [1.807, 2.05) is 30.3 Å². The van der Waals surface area contributed by atoms with Crippen LogP contribution in [0.1, 0.15) is 31.2 Å². The molecule has 0 saturated heterocycles. The zero-order valence-electron chi connectivity index (χ0n) is 15.0. The first-order valence-corrected chi connectivity index (χ1v) is 8.54. The lowest BCUT2D eigenvalue weighted by atomic mass is 10.1. The lowest BCUT2D eigenvalue weighted by Gasteiger charge is -2.08. The Bertz CT molecular complexity index is 665. The fourth-order valence-electron chi connectivity index (χ4n) is 2.31. The van der Waals surface area contributed by atoms with Crippen molar-refractivity contribution < 1.29 is 19.4 Å². The molecule has 0 unspecified atom stereocenters. The van der Waals surface area contributed by atoms with Crippen LogP contribution in [-0.2, 0) is 16.0 Å². The minimum atomic E-state index is -0.817. The number of unbranched alkanes of at least 4 members (excludes halogenated alkanes) is 2. The standard InChI is InChI=1S/C19H25N3O4/c1-26-17-8-5-4-7-15(17)10-12-21-14-16(13-20)19(25)22-11-6-2-3-9-18(23)24/h4-5,7-8,14,21H,2-3,6,9-12H2,1H3,(H,22,25)(H,23,24)/b16-14-. The molecule has 0 aliphatic rings. The van der Waals surface area contributed by atoms with Crippen molar-refractivity contribution in [2.75, 3.05) is 20.2 Å².